The second-order valence-corrected chi connectivity index (χ2v) is 6.10. The Hall–Kier alpha value is 0.130. The number of aliphatic carboxylic acids is 1. The van der Waals surface area contributed by atoms with E-state index in [0.717, 1.165) is 36.1 Å². The molecule has 0 aliphatic heterocycles. The molecule has 5 heteroatoms. The molecule has 0 bridgehead atoms. The first-order chi connectivity index (χ1) is 8.68. The fraction of sp³-hybridized carbons (Fsp3) is 0.923. The molecule has 0 aromatic heterocycles. The molecule has 0 fully saturated rings. The van der Waals surface area contributed by atoms with Crippen LogP contribution in [0.2, 0.25) is 0 Å². The summed E-state index contributed by atoms with van der Waals surface area (Å²) >= 11 is 5.29. The number of thiol groups is 1. The van der Waals surface area contributed by atoms with Crippen LogP contribution in [-0.2, 0) is 4.79 Å². The maximum Gasteiger partial charge on any atom is 0.343 e. The van der Waals surface area contributed by atoms with Crippen molar-refractivity contribution in [3.63, 3.8) is 0 Å². The van der Waals surface area contributed by atoms with E-state index in [1.807, 2.05) is 0 Å². The number of carbonyl (C=O) groups is 1. The van der Waals surface area contributed by atoms with Crippen molar-refractivity contribution in [2.24, 2.45) is 0 Å². The van der Waals surface area contributed by atoms with Gasteiger partial charge in [-0.3, -0.25) is 0 Å². The maximum absolute atomic E-state index is 10.3. The number of hydrogen-bond donors (Lipinski definition) is 3. The number of unbranched alkanes of at least 4 members (excludes halogenated alkanes) is 8. The molecule has 0 heterocycles. The monoisotopic (exact) mass is 294 g/mol. The molecule has 0 saturated carbocycles. The molecule has 0 aliphatic carbocycles. The van der Waals surface area contributed by atoms with Crippen LogP contribution in [0.4, 0.5) is 0 Å². The molecule has 0 radical (unpaired) electrons. The molecule has 0 aromatic rings. The summed E-state index contributed by atoms with van der Waals surface area (Å²) in [6, 6.07) is 0. The number of thioether (sulfide) groups is 1. The van der Waals surface area contributed by atoms with Crippen molar-refractivity contribution in [1.29, 1.82) is 0 Å². The van der Waals surface area contributed by atoms with E-state index in [1.54, 1.807) is 0 Å². The van der Waals surface area contributed by atoms with Gasteiger partial charge in [-0.05, 0) is 24.3 Å². The number of hydrogen-bond acceptors (Lipinski definition) is 4. The molecular formula is C13H26O3S2. The van der Waals surface area contributed by atoms with Crippen molar-refractivity contribution < 1.29 is 15.0 Å². The Kier molecular flexibility index (Phi) is 13.7. The van der Waals surface area contributed by atoms with Crippen LogP contribution in [-0.4, -0.2) is 33.1 Å². The average molecular weight is 294 g/mol. The predicted octanol–water partition coefficient (Wildman–Crippen LogP) is 3.56. The lowest BCUT2D eigenvalue weighted by Gasteiger charge is -2.05. The number of carboxylic acids is 1. The van der Waals surface area contributed by atoms with Gasteiger partial charge in [0.05, 0.1) is 0 Å². The average Bonchev–Trinajstić information content (AvgIpc) is 2.35. The minimum atomic E-state index is -1.25. The quantitative estimate of drug-likeness (QED) is 0.276. The fourth-order valence-corrected chi connectivity index (χ4v) is 2.68. The highest BCUT2D eigenvalue weighted by Crippen LogP contribution is 2.14. The summed E-state index contributed by atoms with van der Waals surface area (Å²) in [4.78, 5) is 10.3. The predicted molar refractivity (Wildman–Crippen MR) is 81.5 cm³/mol. The first-order valence-electron chi connectivity index (χ1n) is 6.82. The van der Waals surface area contributed by atoms with Crippen molar-refractivity contribution in [3.05, 3.63) is 0 Å². The summed E-state index contributed by atoms with van der Waals surface area (Å²) in [5.74, 6) is 0.594. The summed E-state index contributed by atoms with van der Waals surface area (Å²) in [5, 5.41) is 17.5. The van der Waals surface area contributed by atoms with Crippen molar-refractivity contribution in [3.8, 4) is 0 Å². The molecule has 0 rings (SSSR count). The van der Waals surface area contributed by atoms with Crippen LogP contribution >= 0.6 is 24.4 Å². The van der Waals surface area contributed by atoms with Crippen LogP contribution in [0.3, 0.4) is 0 Å². The lowest BCUT2D eigenvalue weighted by atomic mass is 10.1. The molecule has 108 valence electrons. The minimum absolute atomic E-state index is 0.732. The number of aliphatic hydroxyl groups excluding tert-OH is 1. The van der Waals surface area contributed by atoms with E-state index in [4.69, 9.17) is 10.2 Å². The van der Waals surface area contributed by atoms with Gasteiger partial charge in [-0.2, -0.15) is 12.6 Å². The third-order valence-corrected chi connectivity index (χ3v) is 4.15. The highest BCUT2D eigenvalue weighted by atomic mass is 32.2. The standard InChI is InChI=1S/C13H26O3S2/c14-12(15)13(16)18-11-9-7-5-3-1-2-4-6-8-10-17/h13,16-17H,1-11H2,(H,14,15). The summed E-state index contributed by atoms with van der Waals surface area (Å²) in [6.07, 6.45) is 11.1. The number of rotatable bonds is 13. The molecule has 18 heavy (non-hydrogen) atoms. The van der Waals surface area contributed by atoms with Gasteiger partial charge in [0.25, 0.3) is 0 Å². The zero-order chi connectivity index (χ0) is 13.6. The summed E-state index contributed by atoms with van der Waals surface area (Å²) < 4.78 is 0. The minimum Gasteiger partial charge on any atom is -0.479 e. The third kappa shape index (κ3) is 12.6. The first kappa shape index (κ1) is 18.1. The van der Waals surface area contributed by atoms with Gasteiger partial charge < -0.3 is 10.2 Å². The molecule has 3 nitrogen and oxygen atoms in total. The molecule has 1 atom stereocenters. The van der Waals surface area contributed by atoms with E-state index >= 15 is 0 Å². The van der Waals surface area contributed by atoms with Crippen molar-refractivity contribution in [2.75, 3.05) is 11.5 Å². The van der Waals surface area contributed by atoms with E-state index in [2.05, 4.69) is 12.6 Å². The topological polar surface area (TPSA) is 57.5 Å². The van der Waals surface area contributed by atoms with E-state index in [0.29, 0.717) is 0 Å². The van der Waals surface area contributed by atoms with E-state index in [9.17, 15) is 4.79 Å². The first-order valence-corrected chi connectivity index (χ1v) is 8.50. The number of carboxylic acid groups (broad SMARTS) is 1. The van der Waals surface area contributed by atoms with Gasteiger partial charge >= 0.3 is 5.97 Å². The zero-order valence-electron chi connectivity index (χ0n) is 11.0. The Morgan fingerprint density at radius 1 is 0.944 bits per heavy atom. The van der Waals surface area contributed by atoms with Gasteiger partial charge in [-0.1, -0.05) is 44.9 Å². The van der Waals surface area contributed by atoms with E-state index < -0.39 is 11.4 Å². The van der Waals surface area contributed by atoms with Gasteiger partial charge in [0.1, 0.15) is 0 Å². The SMILES string of the molecule is O=C(O)C(O)SCCCCCCCCCCCS. The Morgan fingerprint density at radius 3 is 1.83 bits per heavy atom. The Balaban J connectivity index is 3.05. The van der Waals surface area contributed by atoms with Crippen LogP contribution in [0.25, 0.3) is 0 Å². The fourth-order valence-electron chi connectivity index (χ4n) is 1.72. The van der Waals surface area contributed by atoms with Gasteiger partial charge in [-0.15, -0.1) is 11.8 Å². The molecule has 2 N–H and O–H groups in total. The van der Waals surface area contributed by atoms with E-state index in [1.165, 1.54) is 44.9 Å². The van der Waals surface area contributed by atoms with Crippen LogP contribution in [0.15, 0.2) is 0 Å². The summed E-state index contributed by atoms with van der Waals surface area (Å²) in [7, 11) is 0. The lowest BCUT2D eigenvalue weighted by molar-refractivity contribution is -0.141. The lowest BCUT2D eigenvalue weighted by Crippen LogP contribution is -2.15. The van der Waals surface area contributed by atoms with Crippen molar-refractivity contribution >= 4 is 30.4 Å². The van der Waals surface area contributed by atoms with Crippen LogP contribution in [0.5, 0.6) is 0 Å². The molecule has 0 spiro atoms. The smallest absolute Gasteiger partial charge is 0.343 e. The van der Waals surface area contributed by atoms with E-state index in [-0.39, 0.29) is 0 Å². The Labute approximate surface area is 120 Å². The second kappa shape index (κ2) is 13.6. The third-order valence-electron chi connectivity index (χ3n) is 2.79. The molecule has 1 unspecified atom stereocenters. The second-order valence-electron chi connectivity index (χ2n) is 4.47. The van der Waals surface area contributed by atoms with Crippen molar-refractivity contribution in [2.45, 2.75) is 63.2 Å². The normalized spacial score (nSPS) is 12.6. The molecule has 0 amide bonds. The Bertz CT molecular complexity index is 201. The molecular weight excluding hydrogens is 268 g/mol. The highest BCUT2D eigenvalue weighted by Gasteiger charge is 2.11. The maximum atomic E-state index is 10.3. The highest BCUT2D eigenvalue weighted by molar-refractivity contribution is 8.00. The Morgan fingerprint density at radius 2 is 1.39 bits per heavy atom. The van der Waals surface area contributed by atoms with Crippen LogP contribution in [0, 0.1) is 0 Å². The van der Waals surface area contributed by atoms with Gasteiger partial charge in [0.2, 0.25) is 0 Å². The number of aliphatic hydroxyl groups is 1. The van der Waals surface area contributed by atoms with Crippen LogP contribution in [0.1, 0.15) is 57.8 Å². The van der Waals surface area contributed by atoms with Gasteiger partial charge in [0.15, 0.2) is 5.44 Å². The molecule has 0 aromatic carbocycles. The molecule has 0 saturated heterocycles. The summed E-state index contributed by atoms with van der Waals surface area (Å²) in [6.45, 7) is 0. The summed E-state index contributed by atoms with van der Waals surface area (Å²) in [5.41, 5.74) is -1.25. The van der Waals surface area contributed by atoms with Crippen LogP contribution < -0.4 is 0 Å². The largest absolute Gasteiger partial charge is 0.479 e. The zero-order valence-corrected chi connectivity index (χ0v) is 12.7. The van der Waals surface area contributed by atoms with Gasteiger partial charge in [-0.25, -0.2) is 4.79 Å². The molecule has 0 aliphatic rings. The van der Waals surface area contributed by atoms with Crippen molar-refractivity contribution in [1.82, 2.24) is 0 Å². The van der Waals surface area contributed by atoms with Gasteiger partial charge in [0, 0.05) is 0 Å².